The third-order valence-electron chi connectivity index (χ3n) is 4.69. The molecule has 2 heterocycles. The smallest absolute Gasteiger partial charge is 0.277 e. The molecule has 3 rings (SSSR count). The van der Waals surface area contributed by atoms with E-state index in [1.54, 1.807) is 0 Å². The van der Waals surface area contributed by atoms with Gasteiger partial charge in [0.25, 0.3) is 11.8 Å². The Kier molecular flexibility index (Phi) is 6.06. The number of carbonyl (C=O) groups excluding carboxylic acids is 2. The van der Waals surface area contributed by atoms with E-state index in [0.717, 1.165) is 11.1 Å². The predicted octanol–water partition coefficient (Wildman–Crippen LogP) is 1.83. The zero-order valence-corrected chi connectivity index (χ0v) is 15.5. The number of rotatable bonds is 7. The molecule has 0 bridgehead atoms. The Bertz CT molecular complexity index is 690. The average molecular weight is 358 g/mol. The van der Waals surface area contributed by atoms with Gasteiger partial charge in [0.1, 0.15) is 5.70 Å². The van der Waals surface area contributed by atoms with Crippen LogP contribution in [0.15, 0.2) is 30.0 Å². The van der Waals surface area contributed by atoms with Gasteiger partial charge in [-0.15, -0.1) is 0 Å². The molecule has 0 spiro atoms. The number of aryl methyl sites for hydroxylation is 1. The van der Waals surface area contributed by atoms with Gasteiger partial charge in [-0.05, 0) is 25.8 Å². The lowest BCUT2D eigenvalue weighted by Crippen LogP contribution is -2.40. The first-order chi connectivity index (χ1) is 12.6. The number of nitrogens with zero attached hydrogens (tertiary/aromatic N) is 2. The van der Waals surface area contributed by atoms with Crippen molar-refractivity contribution in [2.75, 3.05) is 46.1 Å². The van der Waals surface area contributed by atoms with Gasteiger partial charge >= 0.3 is 0 Å². The summed E-state index contributed by atoms with van der Waals surface area (Å²) in [5.74, 6) is -0.416. The second-order valence-corrected chi connectivity index (χ2v) is 6.50. The topological polar surface area (TPSA) is 59.1 Å². The minimum atomic E-state index is -0.211. The van der Waals surface area contributed by atoms with Crippen molar-refractivity contribution < 1.29 is 19.1 Å². The summed E-state index contributed by atoms with van der Waals surface area (Å²) in [5.41, 5.74) is 2.93. The molecule has 6 heteroatoms. The quantitative estimate of drug-likeness (QED) is 0.550. The van der Waals surface area contributed by atoms with Crippen molar-refractivity contribution in [3.05, 3.63) is 41.1 Å². The summed E-state index contributed by atoms with van der Waals surface area (Å²) in [6.45, 7) is 7.86. The van der Waals surface area contributed by atoms with Gasteiger partial charge in [0, 0.05) is 32.8 Å². The van der Waals surface area contributed by atoms with E-state index in [1.807, 2.05) is 43.0 Å². The van der Waals surface area contributed by atoms with Crippen LogP contribution in [0.4, 0.5) is 0 Å². The molecule has 1 aromatic carbocycles. The maximum absolute atomic E-state index is 13.1. The van der Waals surface area contributed by atoms with Crippen LogP contribution in [0.2, 0.25) is 0 Å². The molecule has 0 aliphatic carbocycles. The van der Waals surface area contributed by atoms with Crippen LogP contribution < -0.4 is 0 Å². The van der Waals surface area contributed by atoms with Crippen LogP contribution in [-0.4, -0.2) is 67.7 Å². The van der Waals surface area contributed by atoms with Gasteiger partial charge in [0.05, 0.1) is 18.8 Å². The van der Waals surface area contributed by atoms with Gasteiger partial charge in [-0.2, -0.15) is 0 Å². The molecule has 1 saturated heterocycles. The van der Waals surface area contributed by atoms with Gasteiger partial charge < -0.3 is 14.4 Å². The molecule has 0 saturated carbocycles. The number of carbonyl (C=O) groups is 2. The number of morpholine rings is 1. The fourth-order valence-electron chi connectivity index (χ4n) is 3.30. The fourth-order valence-corrected chi connectivity index (χ4v) is 3.30. The second kappa shape index (κ2) is 8.47. The maximum atomic E-state index is 13.1. The third kappa shape index (κ3) is 3.81. The molecule has 6 nitrogen and oxygen atoms in total. The van der Waals surface area contributed by atoms with E-state index in [0.29, 0.717) is 63.8 Å². The van der Waals surface area contributed by atoms with Crippen molar-refractivity contribution in [3.8, 4) is 0 Å². The number of amides is 2. The van der Waals surface area contributed by atoms with Crippen LogP contribution in [-0.2, 0) is 19.1 Å². The summed E-state index contributed by atoms with van der Waals surface area (Å²) in [7, 11) is 0. The predicted molar refractivity (Wildman–Crippen MR) is 98.3 cm³/mol. The average Bonchev–Trinajstić information content (AvgIpc) is 2.91. The van der Waals surface area contributed by atoms with Gasteiger partial charge in [-0.25, -0.2) is 0 Å². The van der Waals surface area contributed by atoms with E-state index in [4.69, 9.17) is 9.47 Å². The fraction of sp³-hybridized carbons (Fsp3) is 0.500. The minimum Gasteiger partial charge on any atom is -0.382 e. The first kappa shape index (κ1) is 18.6. The van der Waals surface area contributed by atoms with E-state index in [9.17, 15) is 9.59 Å². The standard InChI is InChI=1S/C20H26N2O4/c1-3-25-12-4-9-22-19(23)17(16-7-5-15(2)6-8-16)18(20(22)24)21-10-13-26-14-11-21/h5-8H,3-4,9-14H2,1-2H3. The van der Waals surface area contributed by atoms with Crippen molar-refractivity contribution in [1.29, 1.82) is 0 Å². The molecule has 140 valence electrons. The van der Waals surface area contributed by atoms with Crippen molar-refractivity contribution in [1.82, 2.24) is 9.80 Å². The molecular formula is C20H26N2O4. The van der Waals surface area contributed by atoms with Crippen LogP contribution >= 0.6 is 0 Å². The molecule has 0 unspecified atom stereocenters. The SMILES string of the molecule is CCOCCCN1C(=O)C(c2ccc(C)cc2)=C(N2CCOCC2)C1=O. The van der Waals surface area contributed by atoms with Crippen LogP contribution in [0.1, 0.15) is 24.5 Å². The van der Waals surface area contributed by atoms with Crippen molar-refractivity contribution >= 4 is 17.4 Å². The Morgan fingerprint density at radius 1 is 1.08 bits per heavy atom. The zero-order valence-electron chi connectivity index (χ0n) is 15.5. The van der Waals surface area contributed by atoms with E-state index >= 15 is 0 Å². The van der Waals surface area contributed by atoms with Gasteiger partial charge in [0.15, 0.2) is 0 Å². The molecule has 0 N–H and O–H groups in total. The summed E-state index contributed by atoms with van der Waals surface area (Å²) < 4.78 is 10.7. The summed E-state index contributed by atoms with van der Waals surface area (Å²) >= 11 is 0. The van der Waals surface area contributed by atoms with Crippen LogP contribution in [0.3, 0.4) is 0 Å². The Balaban J connectivity index is 1.90. The Labute approximate surface area is 154 Å². The summed E-state index contributed by atoms with van der Waals surface area (Å²) in [6, 6.07) is 7.77. The molecular weight excluding hydrogens is 332 g/mol. The second-order valence-electron chi connectivity index (χ2n) is 6.50. The molecule has 2 amide bonds. The van der Waals surface area contributed by atoms with Crippen molar-refractivity contribution in [3.63, 3.8) is 0 Å². The lowest BCUT2D eigenvalue weighted by molar-refractivity contribution is -0.138. The number of benzene rings is 1. The highest BCUT2D eigenvalue weighted by Crippen LogP contribution is 2.32. The van der Waals surface area contributed by atoms with Crippen LogP contribution in [0.5, 0.6) is 0 Å². The van der Waals surface area contributed by atoms with E-state index < -0.39 is 0 Å². The molecule has 26 heavy (non-hydrogen) atoms. The van der Waals surface area contributed by atoms with E-state index in [2.05, 4.69) is 0 Å². The highest BCUT2D eigenvalue weighted by molar-refractivity contribution is 6.35. The van der Waals surface area contributed by atoms with Crippen molar-refractivity contribution in [2.24, 2.45) is 0 Å². The first-order valence-corrected chi connectivity index (χ1v) is 9.21. The number of imide groups is 1. The molecule has 0 atom stereocenters. The molecule has 0 radical (unpaired) electrons. The molecule has 1 fully saturated rings. The van der Waals surface area contributed by atoms with E-state index in [-0.39, 0.29) is 11.8 Å². The van der Waals surface area contributed by atoms with Crippen molar-refractivity contribution in [2.45, 2.75) is 20.3 Å². The third-order valence-corrected chi connectivity index (χ3v) is 4.69. The maximum Gasteiger partial charge on any atom is 0.277 e. The van der Waals surface area contributed by atoms with Gasteiger partial charge in [-0.3, -0.25) is 14.5 Å². The van der Waals surface area contributed by atoms with Crippen LogP contribution in [0, 0.1) is 6.92 Å². The highest BCUT2D eigenvalue weighted by atomic mass is 16.5. The number of hydrogen-bond acceptors (Lipinski definition) is 5. The summed E-state index contributed by atoms with van der Waals surface area (Å²) in [5, 5.41) is 0. The van der Waals surface area contributed by atoms with E-state index in [1.165, 1.54) is 4.90 Å². The number of ether oxygens (including phenoxy) is 2. The summed E-state index contributed by atoms with van der Waals surface area (Å²) in [6.07, 6.45) is 0.642. The lowest BCUT2D eigenvalue weighted by atomic mass is 10.0. The van der Waals surface area contributed by atoms with Crippen LogP contribution in [0.25, 0.3) is 5.57 Å². The van der Waals surface area contributed by atoms with Gasteiger partial charge in [-0.1, -0.05) is 29.8 Å². The Hall–Kier alpha value is -2.18. The normalized spacial score (nSPS) is 18.2. The molecule has 0 aromatic heterocycles. The molecule has 1 aromatic rings. The first-order valence-electron chi connectivity index (χ1n) is 9.21. The largest absolute Gasteiger partial charge is 0.382 e. The Morgan fingerprint density at radius 2 is 1.77 bits per heavy atom. The zero-order chi connectivity index (χ0) is 18.5. The molecule has 2 aliphatic rings. The van der Waals surface area contributed by atoms with Gasteiger partial charge in [0.2, 0.25) is 0 Å². The number of hydrogen-bond donors (Lipinski definition) is 0. The highest BCUT2D eigenvalue weighted by Gasteiger charge is 2.41. The monoisotopic (exact) mass is 358 g/mol. The minimum absolute atomic E-state index is 0.205. The Morgan fingerprint density at radius 3 is 2.42 bits per heavy atom. The summed E-state index contributed by atoms with van der Waals surface area (Å²) in [4.78, 5) is 29.5. The molecule has 2 aliphatic heterocycles. The lowest BCUT2D eigenvalue weighted by Gasteiger charge is -2.29.